The molecule has 0 amide bonds. The van der Waals surface area contributed by atoms with Crippen molar-refractivity contribution < 1.29 is 0 Å². The van der Waals surface area contributed by atoms with E-state index in [2.05, 4.69) is 50.8 Å². The highest BCUT2D eigenvalue weighted by atomic mass is 35.5. The number of nitrogens with zero attached hydrogens (tertiary/aromatic N) is 7. The second kappa shape index (κ2) is 17.8. The zero-order valence-electron chi connectivity index (χ0n) is 30.8. The molecule has 3 aromatic carbocycles. The van der Waals surface area contributed by atoms with Gasteiger partial charge in [0.05, 0.1) is 28.3 Å². The Labute approximate surface area is 334 Å². The van der Waals surface area contributed by atoms with Crippen LogP contribution in [0.25, 0.3) is 11.5 Å². The molecule has 0 atom stereocenters. The molecule has 5 heterocycles. The quantitative estimate of drug-likeness (QED) is 0.139. The monoisotopic (exact) mass is 765 g/mol. The molecule has 5 aromatic heterocycles. The van der Waals surface area contributed by atoms with Gasteiger partial charge in [0.1, 0.15) is 5.82 Å². The molecular formula is C47H36ClN7O2. The Kier molecular flexibility index (Phi) is 11.8. The largest absolute Gasteiger partial charge is 0.347 e. The van der Waals surface area contributed by atoms with Gasteiger partial charge in [-0.05, 0) is 101 Å². The van der Waals surface area contributed by atoms with Crippen LogP contribution in [0.15, 0.2) is 180 Å². The molecule has 9 nitrogen and oxygen atoms in total. The molecule has 0 bridgehead atoms. The van der Waals surface area contributed by atoms with Crippen molar-refractivity contribution in [2.75, 3.05) is 0 Å². The third kappa shape index (κ3) is 9.62. The number of halogens is 1. The Balaban J connectivity index is 0.000000174. The van der Waals surface area contributed by atoms with Crippen LogP contribution in [0.1, 0.15) is 44.8 Å². The van der Waals surface area contributed by atoms with Gasteiger partial charge in [0.2, 0.25) is 0 Å². The number of benzene rings is 3. The van der Waals surface area contributed by atoms with E-state index in [1.165, 1.54) is 38.2 Å². The summed E-state index contributed by atoms with van der Waals surface area (Å²) in [5.74, 6) is 0.611. The average Bonchev–Trinajstić information content (AvgIpc) is 3.88. The van der Waals surface area contributed by atoms with Gasteiger partial charge < -0.3 is 9.13 Å². The van der Waals surface area contributed by atoms with Gasteiger partial charge in [0, 0.05) is 86.1 Å². The maximum absolute atomic E-state index is 12.1. The van der Waals surface area contributed by atoms with E-state index >= 15 is 0 Å². The van der Waals surface area contributed by atoms with Gasteiger partial charge in [-0.2, -0.15) is 10.5 Å². The fourth-order valence-corrected chi connectivity index (χ4v) is 6.59. The first-order chi connectivity index (χ1) is 27.8. The van der Waals surface area contributed by atoms with E-state index in [-0.39, 0.29) is 11.1 Å². The van der Waals surface area contributed by atoms with Crippen molar-refractivity contribution in [2.24, 2.45) is 0 Å². The smallest absolute Gasteiger partial charge is 0.256 e. The van der Waals surface area contributed by atoms with E-state index in [1.54, 1.807) is 30.7 Å². The number of pyridine rings is 3. The minimum absolute atomic E-state index is 0.0992. The highest BCUT2D eigenvalue weighted by Gasteiger charge is 2.08. The molecule has 57 heavy (non-hydrogen) atoms. The minimum Gasteiger partial charge on any atom is -0.347 e. The number of aromatic nitrogens is 5. The van der Waals surface area contributed by atoms with Crippen molar-refractivity contribution in [3.8, 4) is 23.6 Å². The van der Waals surface area contributed by atoms with E-state index in [0.29, 0.717) is 28.5 Å². The van der Waals surface area contributed by atoms with Crippen LogP contribution in [0.4, 0.5) is 0 Å². The molecule has 0 saturated heterocycles. The topological polar surface area (TPSA) is 114 Å². The lowest BCUT2D eigenvalue weighted by molar-refractivity contribution is 0.754. The van der Waals surface area contributed by atoms with Crippen LogP contribution in [-0.2, 0) is 25.9 Å². The van der Waals surface area contributed by atoms with Gasteiger partial charge in [-0.1, -0.05) is 60.1 Å². The van der Waals surface area contributed by atoms with Gasteiger partial charge in [0.25, 0.3) is 11.1 Å². The van der Waals surface area contributed by atoms with Gasteiger partial charge in [-0.25, -0.2) is 4.98 Å². The molecule has 0 unspecified atom stereocenters. The summed E-state index contributed by atoms with van der Waals surface area (Å²) in [4.78, 5) is 28.4. The number of hydrogen-bond donors (Lipinski definition) is 0. The van der Waals surface area contributed by atoms with Crippen molar-refractivity contribution in [1.82, 2.24) is 23.3 Å². The molecule has 8 aromatic rings. The lowest BCUT2D eigenvalue weighted by Crippen LogP contribution is -2.16. The highest BCUT2D eigenvalue weighted by Crippen LogP contribution is 2.17. The molecule has 0 radical (unpaired) electrons. The molecule has 0 aliphatic carbocycles. The third-order valence-corrected chi connectivity index (χ3v) is 9.68. The lowest BCUT2D eigenvalue weighted by Gasteiger charge is -2.11. The molecule has 10 heteroatoms. The van der Waals surface area contributed by atoms with Crippen molar-refractivity contribution in [1.29, 1.82) is 10.5 Å². The standard InChI is InChI=1S/C24H18ClN3O.C23H18N4O/c25-21-9-12-24(29)28(17-21)22-10-7-20(8-11-22)16-27-13-1-2-23(27)14-18-3-5-19(15-26)6-4-18;24-15-19-8-6-18(7-9-19)14-21-4-3-12-26(21)17-20-10-11-22(25-16-20)27-13-2-1-5-23(27)28/h1-13,17H,14,16H2;1-13,16H,14,17H2. The second-order valence-electron chi connectivity index (χ2n) is 13.4. The summed E-state index contributed by atoms with van der Waals surface area (Å²) in [5, 5.41) is 18.4. The normalized spacial score (nSPS) is 10.6. The Bertz CT molecular complexity index is 2800. The summed E-state index contributed by atoms with van der Waals surface area (Å²) in [6.07, 6.45) is 10.9. The summed E-state index contributed by atoms with van der Waals surface area (Å²) in [6.45, 7) is 1.44. The minimum atomic E-state index is -0.114. The first-order valence-corrected chi connectivity index (χ1v) is 18.6. The zero-order chi connectivity index (χ0) is 39.6. The fourth-order valence-electron chi connectivity index (χ4n) is 6.43. The van der Waals surface area contributed by atoms with Crippen LogP contribution in [0.2, 0.25) is 5.02 Å². The highest BCUT2D eigenvalue weighted by molar-refractivity contribution is 6.30. The van der Waals surface area contributed by atoms with Crippen molar-refractivity contribution in [3.63, 3.8) is 0 Å². The van der Waals surface area contributed by atoms with Crippen LogP contribution >= 0.6 is 11.6 Å². The Morgan fingerprint density at radius 3 is 1.61 bits per heavy atom. The Morgan fingerprint density at radius 2 is 1.07 bits per heavy atom. The fraction of sp³-hybridized carbons (Fsp3) is 0.0851. The third-order valence-electron chi connectivity index (χ3n) is 9.46. The maximum Gasteiger partial charge on any atom is 0.256 e. The van der Waals surface area contributed by atoms with Gasteiger partial charge in [-0.3, -0.25) is 18.7 Å². The summed E-state index contributed by atoms with van der Waals surface area (Å²) in [7, 11) is 0. The molecule has 0 aliphatic heterocycles. The molecule has 0 spiro atoms. The summed E-state index contributed by atoms with van der Waals surface area (Å²) < 4.78 is 7.45. The van der Waals surface area contributed by atoms with Crippen molar-refractivity contribution >= 4 is 11.6 Å². The molecule has 0 N–H and O–H groups in total. The van der Waals surface area contributed by atoms with Crippen LogP contribution < -0.4 is 11.1 Å². The molecule has 8 rings (SSSR count). The van der Waals surface area contributed by atoms with E-state index in [9.17, 15) is 9.59 Å². The predicted octanol–water partition coefficient (Wildman–Crippen LogP) is 8.35. The second-order valence-corrected chi connectivity index (χ2v) is 13.8. The SMILES string of the molecule is N#Cc1ccc(Cc2cccn2Cc2ccc(-n3cc(Cl)ccc3=O)cc2)cc1.N#Cc1ccc(Cc2cccn2Cc2ccc(-n3ccccc3=O)nc2)cc1. The van der Waals surface area contributed by atoms with Crippen molar-refractivity contribution in [3.05, 3.63) is 241 Å². The van der Waals surface area contributed by atoms with Gasteiger partial charge in [0.15, 0.2) is 0 Å². The van der Waals surface area contributed by atoms with Gasteiger partial charge >= 0.3 is 0 Å². The summed E-state index contributed by atoms with van der Waals surface area (Å²) in [5.41, 5.74) is 8.83. The first kappa shape index (κ1) is 37.8. The number of rotatable bonds is 10. The van der Waals surface area contributed by atoms with Crippen LogP contribution in [0.5, 0.6) is 0 Å². The average molecular weight is 766 g/mol. The molecular weight excluding hydrogens is 730 g/mol. The maximum atomic E-state index is 12.1. The van der Waals surface area contributed by atoms with E-state index in [0.717, 1.165) is 41.8 Å². The molecule has 0 fully saturated rings. The van der Waals surface area contributed by atoms with E-state index < -0.39 is 0 Å². The van der Waals surface area contributed by atoms with Crippen molar-refractivity contribution in [2.45, 2.75) is 25.9 Å². The van der Waals surface area contributed by atoms with E-state index in [1.807, 2.05) is 103 Å². The molecule has 0 saturated carbocycles. The predicted molar refractivity (Wildman–Crippen MR) is 222 cm³/mol. The number of hydrogen-bond acceptors (Lipinski definition) is 5. The number of nitriles is 2. The molecule has 278 valence electrons. The van der Waals surface area contributed by atoms with Crippen LogP contribution in [0, 0.1) is 22.7 Å². The Hall–Kier alpha value is -7.46. The Morgan fingerprint density at radius 1 is 0.526 bits per heavy atom. The first-order valence-electron chi connectivity index (χ1n) is 18.2. The summed E-state index contributed by atoms with van der Waals surface area (Å²) in [6, 6.07) is 47.8. The lowest BCUT2D eigenvalue weighted by atomic mass is 10.1. The van der Waals surface area contributed by atoms with Gasteiger partial charge in [-0.15, -0.1) is 0 Å². The van der Waals surface area contributed by atoms with E-state index in [4.69, 9.17) is 22.1 Å². The summed E-state index contributed by atoms with van der Waals surface area (Å²) >= 11 is 6.01. The van der Waals surface area contributed by atoms with Crippen LogP contribution in [0.3, 0.4) is 0 Å². The zero-order valence-corrected chi connectivity index (χ0v) is 31.6. The molecule has 0 aliphatic rings. The van der Waals surface area contributed by atoms with Crippen LogP contribution in [-0.4, -0.2) is 23.3 Å².